The second-order valence-corrected chi connectivity index (χ2v) is 3.17. The Balaban J connectivity index is 3.37. The molecule has 1 nitrogen and oxygen atoms in total. The van der Waals surface area contributed by atoms with Crippen molar-refractivity contribution in [3.05, 3.63) is 0 Å². The Morgan fingerprint density at radius 2 is 2.18 bits per heavy atom. The largest absolute Gasteiger partial charge is 0.380 e. The number of hydrogen-bond acceptors (Lipinski definition) is 1. The van der Waals surface area contributed by atoms with Crippen LogP contribution in [-0.4, -0.2) is 11.2 Å². The lowest BCUT2D eigenvalue weighted by Gasteiger charge is -2.11. The van der Waals surface area contributed by atoms with Gasteiger partial charge in [-0.3, -0.25) is 0 Å². The first-order valence-electron chi connectivity index (χ1n) is 4.34. The molecular formula is C10H18O. The molecule has 1 N–H and O–H groups in total. The zero-order valence-corrected chi connectivity index (χ0v) is 7.51. The molecule has 0 aliphatic carbocycles. The maximum atomic E-state index is 9.09. The molecule has 0 spiro atoms. The van der Waals surface area contributed by atoms with Gasteiger partial charge in [0.25, 0.3) is 0 Å². The molecule has 1 unspecified atom stereocenters. The standard InChI is InChI=1S/C10H18O/c1-4-6-7-9(3)8-10(11)5-2/h2,9-11H,4,6-8H2,1,3H3/t9?,10-/m0/s1. The minimum absolute atomic E-state index is 0.540. The minimum atomic E-state index is -0.540. The quantitative estimate of drug-likeness (QED) is 0.602. The zero-order chi connectivity index (χ0) is 8.69. The molecule has 0 aromatic rings. The first-order valence-corrected chi connectivity index (χ1v) is 4.34. The monoisotopic (exact) mass is 154 g/mol. The normalized spacial score (nSPS) is 15.5. The van der Waals surface area contributed by atoms with E-state index in [9.17, 15) is 0 Å². The highest BCUT2D eigenvalue weighted by Crippen LogP contribution is 2.13. The molecule has 0 saturated heterocycles. The summed E-state index contributed by atoms with van der Waals surface area (Å²) in [5, 5.41) is 9.09. The molecule has 0 fully saturated rings. The molecule has 0 aliphatic heterocycles. The van der Waals surface area contributed by atoms with Crippen molar-refractivity contribution in [1.82, 2.24) is 0 Å². The third-order valence-electron chi connectivity index (χ3n) is 1.87. The van der Waals surface area contributed by atoms with Crippen LogP contribution in [0.4, 0.5) is 0 Å². The van der Waals surface area contributed by atoms with Crippen LogP contribution in [0.2, 0.25) is 0 Å². The number of unbranched alkanes of at least 4 members (excludes halogenated alkanes) is 1. The highest BCUT2D eigenvalue weighted by molar-refractivity contribution is 4.93. The Morgan fingerprint density at radius 3 is 2.64 bits per heavy atom. The van der Waals surface area contributed by atoms with Gasteiger partial charge in [-0.2, -0.15) is 0 Å². The molecule has 0 aromatic carbocycles. The van der Waals surface area contributed by atoms with Gasteiger partial charge in [0.05, 0.1) is 0 Å². The summed E-state index contributed by atoms with van der Waals surface area (Å²) in [5.41, 5.74) is 0. The highest BCUT2D eigenvalue weighted by atomic mass is 16.3. The molecule has 0 radical (unpaired) electrons. The molecule has 2 atom stereocenters. The molecule has 0 saturated carbocycles. The van der Waals surface area contributed by atoms with E-state index in [0.29, 0.717) is 5.92 Å². The van der Waals surface area contributed by atoms with Crippen LogP contribution in [0.1, 0.15) is 39.5 Å². The Labute approximate surface area is 69.8 Å². The third-order valence-corrected chi connectivity index (χ3v) is 1.87. The van der Waals surface area contributed by atoms with Crippen molar-refractivity contribution in [2.45, 2.75) is 45.6 Å². The van der Waals surface area contributed by atoms with Crippen LogP contribution < -0.4 is 0 Å². The van der Waals surface area contributed by atoms with E-state index in [1.807, 2.05) is 0 Å². The summed E-state index contributed by atoms with van der Waals surface area (Å²) in [4.78, 5) is 0. The zero-order valence-electron chi connectivity index (χ0n) is 7.51. The molecule has 0 amide bonds. The Bertz CT molecular complexity index is 123. The summed E-state index contributed by atoms with van der Waals surface area (Å²) in [6.45, 7) is 4.31. The van der Waals surface area contributed by atoms with Crippen LogP contribution in [0.25, 0.3) is 0 Å². The molecule has 0 rings (SSSR count). The second kappa shape index (κ2) is 6.24. The van der Waals surface area contributed by atoms with Gasteiger partial charge in [-0.15, -0.1) is 6.42 Å². The van der Waals surface area contributed by atoms with Crippen LogP contribution in [0, 0.1) is 18.3 Å². The molecule has 11 heavy (non-hydrogen) atoms. The summed E-state index contributed by atoms with van der Waals surface area (Å²) in [5.74, 6) is 2.88. The van der Waals surface area contributed by atoms with Crippen molar-refractivity contribution >= 4 is 0 Å². The van der Waals surface area contributed by atoms with Gasteiger partial charge in [-0.25, -0.2) is 0 Å². The number of rotatable bonds is 5. The summed E-state index contributed by atoms with van der Waals surface area (Å²) in [6, 6.07) is 0. The molecule has 0 aliphatic rings. The van der Waals surface area contributed by atoms with Crippen LogP contribution in [0.5, 0.6) is 0 Å². The van der Waals surface area contributed by atoms with Crippen molar-refractivity contribution in [3.63, 3.8) is 0 Å². The van der Waals surface area contributed by atoms with Gasteiger partial charge < -0.3 is 5.11 Å². The Kier molecular flexibility index (Phi) is 5.97. The minimum Gasteiger partial charge on any atom is -0.380 e. The summed E-state index contributed by atoms with van der Waals surface area (Å²) in [7, 11) is 0. The molecular weight excluding hydrogens is 136 g/mol. The van der Waals surface area contributed by atoms with Crippen molar-refractivity contribution in [2.75, 3.05) is 0 Å². The molecule has 1 heteroatoms. The van der Waals surface area contributed by atoms with Crippen LogP contribution >= 0.6 is 0 Å². The third kappa shape index (κ3) is 5.94. The maximum absolute atomic E-state index is 9.09. The second-order valence-electron chi connectivity index (χ2n) is 3.17. The fourth-order valence-electron chi connectivity index (χ4n) is 1.12. The van der Waals surface area contributed by atoms with Crippen LogP contribution in [-0.2, 0) is 0 Å². The van der Waals surface area contributed by atoms with E-state index >= 15 is 0 Å². The number of aliphatic hydroxyl groups excluding tert-OH is 1. The summed E-state index contributed by atoms with van der Waals surface area (Å²) >= 11 is 0. The van der Waals surface area contributed by atoms with Crippen LogP contribution in [0.3, 0.4) is 0 Å². The van der Waals surface area contributed by atoms with E-state index in [2.05, 4.69) is 19.8 Å². The van der Waals surface area contributed by atoms with Gasteiger partial charge in [-0.1, -0.05) is 39.0 Å². The Hall–Kier alpha value is -0.480. The first-order chi connectivity index (χ1) is 5.20. The maximum Gasteiger partial charge on any atom is 0.114 e. The predicted octanol–water partition coefficient (Wildman–Crippen LogP) is 2.20. The number of aliphatic hydroxyl groups is 1. The van der Waals surface area contributed by atoms with Crippen LogP contribution in [0.15, 0.2) is 0 Å². The summed E-state index contributed by atoms with van der Waals surface area (Å²) in [6.07, 6.45) is 8.88. The van der Waals surface area contributed by atoms with Crippen molar-refractivity contribution in [1.29, 1.82) is 0 Å². The lowest BCUT2D eigenvalue weighted by atomic mass is 9.98. The Morgan fingerprint density at radius 1 is 1.55 bits per heavy atom. The van der Waals surface area contributed by atoms with Crippen molar-refractivity contribution < 1.29 is 5.11 Å². The number of hydrogen-bond donors (Lipinski definition) is 1. The fourth-order valence-corrected chi connectivity index (χ4v) is 1.12. The molecule has 0 aromatic heterocycles. The molecule has 0 bridgehead atoms. The van der Waals surface area contributed by atoms with E-state index in [4.69, 9.17) is 11.5 Å². The highest BCUT2D eigenvalue weighted by Gasteiger charge is 2.06. The van der Waals surface area contributed by atoms with E-state index in [-0.39, 0.29) is 0 Å². The number of terminal acetylenes is 1. The van der Waals surface area contributed by atoms with Gasteiger partial charge in [-0.05, 0) is 12.3 Å². The van der Waals surface area contributed by atoms with Crippen molar-refractivity contribution in [3.8, 4) is 12.3 Å². The fraction of sp³-hybridized carbons (Fsp3) is 0.800. The predicted molar refractivity (Wildman–Crippen MR) is 48.1 cm³/mol. The molecule has 0 heterocycles. The van der Waals surface area contributed by atoms with Gasteiger partial charge in [0.2, 0.25) is 0 Å². The lowest BCUT2D eigenvalue weighted by Crippen LogP contribution is -2.08. The van der Waals surface area contributed by atoms with E-state index < -0.39 is 6.10 Å². The average molecular weight is 154 g/mol. The average Bonchev–Trinajstić information content (AvgIpc) is 2.00. The van der Waals surface area contributed by atoms with Gasteiger partial charge in [0.1, 0.15) is 6.10 Å². The summed E-state index contributed by atoms with van der Waals surface area (Å²) < 4.78 is 0. The van der Waals surface area contributed by atoms with Gasteiger partial charge in [0.15, 0.2) is 0 Å². The van der Waals surface area contributed by atoms with E-state index in [1.54, 1.807) is 0 Å². The topological polar surface area (TPSA) is 20.2 Å². The van der Waals surface area contributed by atoms with Crippen molar-refractivity contribution in [2.24, 2.45) is 5.92 Å². The first kappa shape index (κ1) is 10.5. The smallest absolute Gasteiger partial charge is 0.114 e. The van der Waals surface area contributed by atoms with Gasteiger partial charge >= 0.3 is 0 Å². The van der Waals surface area contributed by atoms with Gasteiger partial charge in [0, 0.05) is 0 Å². The molecule has 64 valence electrons. The van der Waals surface area contributed by atoms with E-state index in [1.165, 1.54) is 19.3 Å². The lowest BCUT2D eigenvalue weighted by molar-refractivity contribution is 0.196. The SMILES string of the molecule is C#C[C@H](O)CC(C)CCCC. The van der Waals surface area contributed by atoms with E-state index in [0.717, 1.165) is 6.42 Å².